The minimum absolute atomic E-state index is 0.101. The van der Waals surface area contributed by atoms with Crippen LogP contribution in [0.3, 0.4) is 0 Å². The lowest BCUT2D eigenvalue weighted by molar-refractivity contribution is 0.238. The van der Waals surface area contributed by atoms with Crippen molar-refractivity contribution in [3.8, 4) is 0 Å². The third-order valence-electron chi connectivity index (χ3n) is 3.77. The van der Waals surface area contributed by atoms with Gasteiger partial charge < -0.3 is 15.2 Å². The molecule has 2 rings (SSSR count). The second-order valence-corrected chi connectivity index (χ2v) is 6.02. The molecule has 1 heterocycles. The molecule has 0 bridgehead atoms. The fourth-order valence-corrected chi connectivity index (χ4v) is 2.63. The maximum atomic E-state index is 11.9. The number of halogens is 1. The van der Waals surface area contributed by atoms with Crippen molar-refractivity contribution in [2.24, 2.45) is 0 Å². The molecule has 0 aliphatic carbocycles. The Morgan fingerprint density at radius 1 is 1.39 bits per heavy atom. The number of nitrogens with one attached hydrogen (secondary N) is 2. The fourth-order valence-electron chi connectivity index (χ4n) is 2.43. The quantitative estimate of drug-likeness (QED) is 0.786. The summed E-state index contributed by atoms with van der Waals surface area (Å²) in [6.07, 6.45) is 1.67. The summed E-state index contributed by atoms with van der Waals surface area (Å²) in [7, 11) is 0. The van der Waals surface area contributed by atoms with Crippen LogP contribution in [-0.2, 0) is 6.42 Å². The van der Waals surface area contributed by atoms with Crippen molar-refractivity contribution in [1.82, 2.24) is 15.8 Å². The number of carbonyl (C=O) groups is 1. The lowest BCUT2D eigenvalue weighted by Gasteiger charge is -2.15. The van der Waals surface area contributed by atoms with E-state index in [0.717, 1.165) is 35.4 Å². The molecule has 0 aliphatic heterocycles. The molecule has 0 saturated heterocycles. The molecule has 2 amide bonds. The molecule has 2 N–H and O–H groups in total. The first kappa shape index (κ1) is 17.3. The zero-order valence-corrected chi connectivity index (χ0v) is 14.4. The first-order valence-electron chi connectivity index (χ1n) is 7.69. The van der Waals surface area contributed by atoms with Crippen LogP contribution < -0.4 is 10.6 Å². The highest BCUT2D eigenvalue weighted by Crippen LogP contribution is 2.17. The van der Waals surface area contributed by atoms with E-state index in [2.05, 4.69) is 15.8 Å². The molecule has 1 unspecified atom stereocenters. The molecular formula is C17H22ClN3O2. The van der Waals surface area contributed by atoms with E-state index < -0.39 is 0 Å². The normalized spacial score (nSPS) is 12.0. The lowest BCUT2D eigenvalue weighted by atomic mass is 10.1. The number of nitrogens with zero attached hydrogens (tertiary/aromatic N) is 1. The minimum Gasteiger partial charge on any atom is -0.361 e. The Morgan fingerprint density at radius 2 is 2.17 bits per heavy atom. The molecule has 0 radical (unpaired) electrons. The van der Waals surface area contributed by atoms with Crippen LogP contribution in [0.1, 0.15) is 42.0 Å². The number of benzene rings is 1. The van der Waals surface area contributed by atoms with Crippen LogP contribution in [0.2, 0.25) is 5.02 Å². The first-order chi connectivity index (χ1) is 11.0. The van der Waals surface area contributed by atoms with Gasteiger partial charge in [-0.2, -0.15) is 0 Å². The molecule has 1 atom stereocenters. The summed E-state index contributed by atoms with van der Waals surface area (Å²) in [5.41, 5.74) is 3.02. The number of hydrogen-bond donors (Lipinski definition) is 2. The Hall–Kier alpha value is -2.01. The average Bonchev–Trinajstić information content (AvgIpc) is 2.83. The van der Waals surface area contributed by atoms with Crippen molar-refractivity contribution in [2.45, 2.75) is 39.7 Å². The van der Waals surface area contributed by atoms with E-state index in [1.807, 2.05) is 45.0 Å². The number of hydrogen-bond acceptors (Lipinski definition) is 3. The van der Waals surface area contributed by atoms with Gasteiger partial charge in [0.05, 0.1) is 11.7 Å². The van der Waals surface area contributed by atoms with Crippen LogP contribution in [0, 0.1) is 13.8 Å². The standard InChI is InChI=1S/C17H22ClN3O2/c1-11(14-6-4-7-15(18)10-14)20-17(22)19-9-5-8-16-12(2)21-23-13(16)3/h4,6-7,10-11H,5,8-9H2,1-3H3,(H2,19,20,22). The number of carbonyl (C=O) groups excluding carboxylic acids is 1. The van der Waals surface area contributed by atoms with Crippen molar-refractivity contribution in [2.75, 3.05) is 6.54 Å². The molecular weight excluding hydrogens is 314 g/mol. The molecule has 2 aromatic rings. The van der Waals surface area contributed by atoms with Gasteiger partial charge in [0, 0.05) is 17.1 Å². The van der Waals surface area contributed by atoms with Crippen LogP contribution in [0.25, 0.3) is 0 Å². The van der Waals surface area contributed by atoms with E-state index in [-0.39, 0.29) is 12.1 Å². The van der Waals surface area contributed by atoms with Gasteiger partial charge in [0.15, 0.2) is 0 Å². The molecule has 23 heavy (non-hydrogen) atoms. The number of aromatic nitrogens is 1. The number of urea groups is 1. The van der Waals surface area contributed by atoms with Crippen molar-refractivity contribution in [1.29, 1.82) is 0 Å². The van der Waals surface area contributed by atoms with Gasteiger partial charge in [0.2, 0.25) is 0 Å². The Morgan fingerprint density at radius 3 is 2.83 bits per heavy atom. The molecule has 0 aliphatic rings. The maximum absolute atomic E-state index is 11.9. The highest BCUT2D eigenvalue weighted by molar-refractivity contribution is 6.30. The van der Waals surface area contributed by atoms with Crippen molar-refractivity contribution in [3.05, 3.63) is 51.9 Å². The van der Waals surface area contributed by atoms with Crippen molar-refractivity contribution >= 4 is 17.6 Å². The van der Waals surface area contributed by atoms with Crippen LogP contribution in [0.4, 0.5) is 4.79 Å². The van der Waals surface area contributed by atoms with Gasteiger partial charge in [0.25, 0.3) is 0 Å². The average molecular weight is 336 g/mol. The van der Waals surface area contributed by atoms with Crippen LogP contribution in [-0.4, -0.2) is 17.7 Å². The zero-order chi connectivity index (χ0) is 16.8. The van der Waals surface area contributed by atoms with Crippen molar-refractivity contribution in [3.63, 3.8) is 0 Å². The SMILES string of the molecule is Cc1noc(C)c1CCCNC(=O)NC(C)c1cccc(Cl)c1. The summed E-state index contributed by atoms with van der Waals surface area (Å²) in [6, 6.07) is 7.19. The third-order valence-corrected chi connectivity index (χ3v) is 4.00. The Bertz CT molecular complexity index is 650. The van der Waals surface area contributed by atoms with Gasteiger partial charge in [-0.3, -0.25) is 0 Å². The van der Waals surface area contributed by atoms with Gasteiger partial charge in [-0.25, -0.2) is 4.79 Å². The van der Waals surface area contributed by atoms with Gasteiger partial charge in [0.1, 0.15) is 5.76 Å². The Kier molecular flexibility index (Phi) is 6.04. The number of amides is 2. The molecule has 1 aromatic carbocycles. The fraction of sp³-hybridized carbons (Fsp3) is 0.412. The zero-order valence-electron chi connectivity index (χ0n) is 13.6. The van der Waals surface area contributed by atoms with Gasteiger partial charge in [-0.05, 0) is 51.3 Å². The topological polar surface area (TPSA) is 67.2 Å². The molecule has 124 valence electrons. The van der Waals surface area contributed by atoms with Crippen LogP contribution in [0.5, 0.6) is 0 Å². The summed E-state index contributed by atoms with van der Waals surface area (Å²) in [5.74, 6) is 0.849. The monoisotopic (exact) mass is 335 g/mol. The van der Waals surface area contributed by atoms with Gasteiger partial charge >= 0.3 is 6.03 Å². The molecule has 0 spiro atoms. The van der Waals surface area contributed by atoms with Gasteiger partial charge in [-0.15, -0.1) is 0 Å². The molecule has 1 aromatic heterocycles. The van der Waals surface area contributed by atoms with E-state index in [0.29, 0.717) is 11.6 Å². The minimum atomic E-state index is -0.184. The summed E-state index contributed by atoms with van der Waals surface area (Å²) >= 11 is 5.96. The number of rotatable bonds is 6. The second kappa shape index (κ2) is 8.02. The van der Waals surface area contributed by atoms with E-state index in [4.69, 9.17) is 16.1 Å². The summed E-state index contributed by atoms with van der Waals surface area (Å²) in [6.45, 7) is 6.36. The van der Waals surface area contributed by atoms with Crippen molar-refractivity contribution < 1.29 is 9.32 Å². The predicted octanol–water partition coefficient (Wildman–Crippen LogP) is 3.94. The lowest BCUT2D eigenvalue weighted by Crippen LogP contribution is -2.37. The molecule has 5 nitrogen and oxygen atoms in total. The molecule has 0 fully saturated rings. The summed E-state index contributed by atoms with van der Waals surface area (Å²) in [5, 5.41) is 10.4. The Labute approximate surface area is 141 Å². The smallest absolute Gasteiger partial charge is 0.315 e. The third kappa shape index (κ3) is 4.99. The van der Waals surface area contributed by atoms with Crippen LogP contribution >= 0.6 is 11.6 Å². The first-order valence-corrected chi connectivity index (χ1v) is 8.06. The van der Waals surface area contributed by atoms with Gasteiger partial charge in [-0.1, -0.05) is 28.9 Å². The van der Waals surface area contributed by atoms with Crippen LogP contribution in [0.15, 0.2) is 28.8 Å². The highest BCUT2D eigenvalue weighted by atomic mass is 35.5. The maximum Gasteiger partial charge on any atom is 0.315 e. The summed E-state index contributed by atoms with van der Waals surface area (Å²) in [4.78, 5) is 11.9. The largest absolute Gasteiger partial charge is 0.361 e. The number of aryl methyl sites for hydroxylation is 2. The van der Waals surface area contributed by atoms with E-state index in [1.165, 1.54) is 0 Å². The Balaban J connectivity index is 1.73. The second-order valence-electron chi connectivity index (χ2n) is 5.58. The van der Waals surface area contributed by atoms with E-state index in [1.54, 1.807) is 0 Å². The molecule has 6 heteroatoms. The highest BCUT2D eigenvalue weighted by Gasteiger charge is 2.11. The predicted molar refractivity (Wildman–Crippen MR) is 90.7 cm³/mol. The molecule has 0 saturated carbocycles. The van der Waals surface area contributed by atoms with E-state index >= 15 is 0 Å². The van der Waals surface area contributed by atoms with E-state index in [9.17, 15) is 4.79 Å². The summed E-state index contributed by atoms with van der Waals surface area (Å²) < 4.78 is 5.12.